The van der Waals surface area contributed by atoms with E-state index in [1.807, 2.05) is 0 Å². The number of hydrogen-bond acceptors (Lipinski definition) is 5. The van der Waals surface area contributed by atoms with E-state index in [9.17, 15) is 14.4 Å². The van der Waals surface area contributed by atoms with Crippen molar-refractivity contribution in [2.24, 2.45) is 13.0 Å². The Morgan fingerprint density at radius 1 is 1.36 bits per heavy atom. The van der Waals surface area contributed by atoms with Crippen LogP contribution in [0.25, 0.3) is 0 Å². The van der Waals surface area contributed by atoms with E-state index in [2.05, 4.69) is 15.2 Å². The van der Waals surface area contributed by atoms with E-state index in [0.717, 1.165) is 12.8 Å². The number of aromatic amines is 1. The number of imidazole rings is 1. The lowest BCUT2D eigenvalue weighted by Crippen LogP contribution is -2.42. The molecule has 1 aliphatic rings. The Morgan fingerprint density at radius 3 is 2.88 bits per heavy atom. The maximum Gasteiger partial charge on any atom is 0.264 e. The summed E-state index contributed by atoms with van der Waals surface area (Å²) in [5.74, 6) is 0.236. The molecule has 8 nitrogen and oxygen atoms in total. The zero-order chi connectivity index (χ0) is 17.8. The Hall–Kier alpha value is -2.77. The maximum atomic E-state index is 12.6. The molecule has 0 radical (unpaired) electrons. The van der Waals surface area contributed by atoms with Crippen LogP contribution in [-0.4, -0.2) is 49.4 Å². The van der Waals surface area contributed by atoms with Gasteiger partial charge in [-0.05, 0) is 18.9 Å². The van der Waals surface area contributed by atoms with Crippen LogP contribution < -0.4 is 5.56 Å². The number of piperidine rings is 1. The minimum Gasteiger partial charge on any atom is -0.342 e. The third-order valence-corrected chi connectivity index (χ3v) is 4.52. The quantitative estimate of drug-likeness (QED) is 0.799. The molecule has 0 aromatic carbocycles. The van der Waals surface area contributed by atoms with Crippen molar-refractivity contribution in [2.45, 2.75) is 25.7 Å². The highest BCUT2D eigenvalue weighted by Gasteiger charge is 2.30. The Balaban J connectivity index is 1.58. The van der Waals surface area contributed by atoms with Gasteiger partial charge in [-0.15, -0.1) is 0 Å². The smallest absolute Gasteiger partial charge is 0.264 e. The fourth-order valence-corrected chi connectivity index (χ4v) is 3.11. The average Bonchev–Trinajstić information content (AvgIpc) is 3.06. The van der Waals surface area contributed by atoms with Gasteiger partial charge in [0.2, 0.25) is 11.7 Å². The van der Waals surface area contributed by atoms with Gasteiger partial charge in [-0.25, -0.2) is 10.1 Å². The van der Waals surface area contributed by atoms with E-state index in [1.165, 1.54) is 6.07 Å². The number of carbonyl (C=O) groups excluding carboxylic acids is 2. The highest BCUT2D eigenvalue weighted by molar-refractivity contribution is 5.95. The van der Waals surface area contributed by atoms with Crippen molar-refractivity contribution >= 4 is 11.7 Å². The van der Waals surface area contributed by atoms with Crippen LogP contribution in [-0.2, 0) is 18.3 Å². The molecule has 1 N–H and O–H groups in total. The number of aryl methyl sites for hydroxylation is 2. The SMILES string of the molecule is Cn1ccnc1C(=O)[C@@H]1CCCN(C(=O)CCc2ccc(=O)[nH]n2)C1. The second-order valence-electron chi connectivity index (χ2n) is 6.32. The summed E-state index contributed by atoms with van der Waals surface area (Å²) in [4.78, 5) is 41.9. The molecule has 3 rings (SSSR count). The van der Waals surface area contributed by atoms with Crippen molar-refractivity contribution in [1.29, 1.82) is 0 Å². The molecule has 132 valence electrons. The van der Waals surface area contributed by atoms with Crippen molar-refractivity contribution < 1.29 is 9.59 Å². The third kappa shape index (κ3) is 4.01. The number of ketones is 1. The molecule has 1 saturated heterocycles. The molecule has 2 aromatic heterocycles. The standard InChI is InChI=1S/C17H21N5O3/c1-21-10-8-18-17(21)16(25)12-3-2-9-22(11-12)15(24)7-5-13-4-6-14(23)20-19-13/h4,6,8,10,12H,2-3,5,7,9,11H2,1H3,(H,20,23)/t12-/m1/s1. The lowest BCUT2D eigenvalue weighted by atomic mass is 9.93. The van der Waals surface area contributed by atoms with Crippen molar-refractivity contribution in [3.63, 3.8) is 0 Å². The zero-order valence-corrected chi connectivity index (χ0v) is 14.1. The summed E-state index contributed by atoms with van der Waals surface area (Å²) in [7, 11) is 1.79. The Morgan fingerprint density at radius 2 is 2.20 bits per heavy atom. The summed E-state index contributed by atoms with van der Waals surface area (Å²) in [6.07, 6.45) is 5.71. The van der Waals surface area contributed by atoms with Crippen molar-refractivity contribution in [1.82, 2.24) is 24.6 Å². The summed E-state index contributed by atoms with van der Waals surface area (Å²) in [6, 6.07) is 3.02. The number of Topliss-reactive ketones (excluding diaryl/α,β-unsaturated/α-hetero) is 1. The molecule has 1 fully saturated rings. The molecule has 2 aromatic rings. The summed E-state index contributed by atoms with van der Waals surface area (Å²) in [6.45, 7) is 1.10. The van der Waals surface area contributed by atoms with Gasteiger partial charge in [0, 0.05) is 57.4 Å². The van der Waals surface area contributed by atoms with Gasteiger partial charge in [0.05, 0.1) is 5.69 Å². The molecular weight excluding hydrogens is 322 g/mol. The van der Waals surface area contributed by atoms with Gasteiger partial charge >= 0.3 is 0 Å². The second-order valence-corrected chi connectivity index (χ2v) is 6.32. The number of likely N-dealkylation sites (tertiary alicyclic amines) is 1. The van der Waals surface area contributed by atoms with Crippen molar-refractivity contribution in [2.75, 3.05) is 13.1 Å². The number of nitrogens with zero attached hydrogens (tertiary/aromatic N) is 4. The first-order valence-corrected chi connectivity index (χ1v) is 8.38. The molecule has 3 heterocycles. The fraction of sp³-hybridized carbons (Fsp3) is 0.471. The number of amides is 1. The highest BCUT2D eigenvalue weighted by Crippen LogP contribution is 2.21. The summed E-state index contributed by atoms with van der Waals surface area (Å²) in [5, 5.41) is 6.27. The molecule has 1 amide bonds. The molecule has 0 saturated carbocycles. The molecule has 1 atom stereocenters. The van der Waals surface area contributed by atoms with Gasteiger partial charge in [0.1, 0.15) is 0 Å². The van der Waals surface area contributed by atoms with Crippen LogP contribution in [0, 0.1) is 5.92 Å². The third-order valence-electron chi connectivity index (χ3n) is 4.52. The topological polar surface area (TPSA) is 101 Å². The van der Waals surface area contributed by atoms with Crippen LogP contribution in [0.1, 0.15) is 35.6 Å². The lowest BCUT2D eigenvalue weighted by molar-refractivity contribution is -0.132. The van der Waals surface area contributed by atoms with E-state index in [1.54, 1.807) is 35.0 Å². The predicted molar refractivity (Wildman–Crippen MR) is 90.0 cm³/mol. The van der Waals surface area contributed by atoms with Crippen molar-refractivity contribution in [3.8, 4) is 0 Å². The van der Waals surface area contributed by atoms with Crippen LogP contribution in [0.2, 0.25) is 0 Å². The summed E-state index contributed by atoms with van der Waals surface area (Å²) < 4.78 is 1.71. The van der Waals surface area contributed by atoms with E-state index in [-0.39, 0.29) is 23.2 Å². The predicted octanol–water partition coefficient (Wildman–Crippen LogP) is 0.557. The van der Waals surface area contributed by atoms with Gasteiger partial charge in [-0.1, -0.05) is 0 Å². The minimum atomic E-state index is -0.262. The number of aromatic nitrogens is 4. The highest BCUT2D eigenvalue weighted by atomic mass is 16.2. The average molecular weight is 343 g/mol. The molecule has 0 bridgehead atoms. The van der Waals surface area contributed by atoms with Crippen LogP contribution in [0.15, 0.2) is 29.3 Å². The number of carbonyl (C=O) groups is 2. The van der Waals surface area contributed by atoms with Gasteiger partial charge in [0.25, 0.3) is 5.56 Å². The van der Waals surface area contributed by atoms with Gasteiger partial charge in [0.15, 0.2) is 5.82 Å². The number of H-pyrrole nitrogens is 1. The minimum absolute atomic E-state index is 0.00494. The van der Waals surface area contributed by atoms with Gasteiger partial charge < -0.3 is 9.47 Å². The first-order chi connectivity index (χ1) is 12.0. The first-order valence-electron chi connectivity index (χ1n) is 8.38. The molecule has 0 unspecified atom stereocenters. The number of rotatable bonds is 5. The van der Waals surface area contributed by atoms with E-state index < -0.39 is 0 Å². The Labute approximate surface area is 144 Å². The molecule has 0 aliphatic carbocycles. The molecule has 0 spiro atoms. The van der Waals surface area contributed by atoms with E-state index in [4.69, 9.17) is 0 Å². The van der Waals surface area contributed by atoms with Crippen LogP contribution in [0.4, 0.5) is 0 Å². The van der Waals surface area contributed by atoms with E-state index >= 15 is 0 Å². The number of hydrogen-bond donors (Lipinski definition) is 1. The molecule has 8 heteroatoms. The zero-order valence-electron chi connectivity index (χ0n) is 14.1. The van der Waals surface area contributed by atoms with Gasteiger partial charge in [-0.2, -0.15) is 5.10 Å². The molecule has 1 aliphatic heterocycles. The lowest BCUT2D eigenvalue weighted by Gasteiger charge is -2.32. The fourth-order valence-electron chi connectivity index (χ4n) is 3.11. The molecule has 25 heavy (non-hydrogen) atoms. The Bertz CT molecular complexity index is 805. The largest absolute Gasteiger partial charge is 0.342 e. The molecular formula is C17H21N5O3. The van der Waals surface area contributed by atoms with Crippen molar-refractivity contribution in [3.05, 3.63) is 46.4 Å². The number of nitrogens with one attached hydrogen (secondary N) is 1. The summed E-state index contributed by atoms with van der Waals surface area (Å²) >= 11 is 0. The Kier molecular flexibility index (Phi) is 5.06. The first kappa shape index (κ1) is 17.1. The second kappa shape index (κ2) is 7.42. The van der Waals surface area contributed by atoms with Crippen LogP contribution >= 0.6 is 0 Å². The summed E-state index contributed by atoms with van der Waals surface area (Å²) in [5.41, 5.74) is 0.410. The maximum absolute atomic E-state index is 12.6. The van der Waals surface area contributed by atoms with Crippen LogP contribution in [0.3, 0.4) is 0 Å². The normalized spacial score (nSPS) is 17.5. The monoisotopic (exact) mass is 343 g/mol. The van der Waals surface area contributed by atoms with E-state index in [0.29, 0.717) is 37.4 Å². The van der Waals surface area contributed by atoms with Crippen LogP contribution in [0.5, 0.6) is 0 Å². The van der Waals surface area contributed by atoms with Gasteiger partial charge in [-0.3, -0.25) is 14.4 Å².